The summed E-state index contributed by atoms with van der Waals surface area (Å²) in [6.07, 6.45) is -1.99. The Morgan fingerprint density at radius 3 is 3.09 bits per heavy atom. The van der Waals surface area contributed by atoms with Gasteiger partial charge in [-0.25, -0.2) is 9.59 Å². The maximum atomic E-state index is 10.4. The lowest BCUT2D eigenvalue weighted by molar-refractivity contribution is 0.135. The third-order valence-electron chi connectivity index (χ3n) is 1.23. The van der Waals surface area contributed by atoms with Crippen LogP contribution in [0.5, 0.6) is 0 Å². The molecule has 11 heavy (non-hydrogen) atoms. The normalized spacial score (nSPS) is 22.2. The first-order valence-electron chi connectivity index (χ1n) is 3.10. The summed E-state index contributed by atoms with van der Waals surface area (Å²) in [5.74, 6) is 0. The number of alkyl carbamates (subject to hydrolysis) is 1. The molecule has 1 rings (SSSR count). The minimum absolute atomic E-state index is 0.133. The van der Waals surface area contributed by atoms with Crippen LogP contribution in [-0.4, -0.2) is 36.5 Å². The van der Waals surface area contributed by atoms with Crippen molar-refractivity contribution in [1.82, 2.24) is 10.6 Å². The number of carbonyl (C=O) groups is 2. The summed E-state index contributed by atoms with van der Waals surface area (Å²) in [6, 6.07) is 0. The van der Waals surface area contributed by atoms with Crippen LogP contribution < -0.4 is 10.6 Å². The van der Waals surface area contributed by atoms with Gasteiger partial charge in [0, 0.05) is 0 Å². The van der Waals surface area contributed by atoms with Crippen LogP contribution in [0.1, 0.15) is 0 Å². The molecular formula is C5H8N2O4. The molecule has 3 N–H and O–H groups in total. The molecule has 2 amide bonds. The molecule has 6 heteroatoms. The van der Waals surface area contributed by atoms with Crippen molar-refractivity contribution in [3.63, 3.8) is 0 Å². The fourth-order valence-electron chi connectivity index (χ4n) is 0.747. The van der Waals surface area contributed by atoms with Crippen LogP contribution in [0.3, 0.4) is 0 Å². The molecule has 1 fully saturated rings. The standard InChI is InChI=1S/C5H8N2O4/c8-4(9)6-1-3-2-7-5(10)11-3/h3,6H,1-2H2,(H,7,10)(H,8,9). The number of ether oxygens (including phenoxy) is 1. The number of amides is 2. The van der Waals surface area contributed by atoms with Crippen molar-refractivity contribution in [2.45, 2.75) is 6.10 Å². The molecule has 1 unspecified atom stereocenters. The second-order valence-electron chi connectivity index (χ2n) is 2.09. The van der Waals surface area contributed by atoms with Crippen molar-refractivity contribution in [3.05, 3.63) is 0 Å². The number of rotatable bonds is 2. The van der Waals surface area contributed by atoms with Crippen LogP contribution in [0.4, 0.5) is 9.59 Å². The van der Waals surface area contributed by atoms with E-state index >= 15 is 0 Å². The van der Waals surface area contributed by atoms with E-state index in [0.717, 1.165) is 0 Å². The first-order valence-corrected chi connectivity index (χ1v) is 3.10. The molecule has 0 bridgehead atoms. The highest BCUT2D eigenvalue weighted by molar-refractivity contribution is 5.69. The van der Waals surface area contributed by atoms with Gasteiger partial charge in [0.05, 0.1) is 13.1 Å². The van der Waals surface area contributed by atoms with Crippen LogP contribution in [-0.2, 0) is 4.74 Å². The summed E-state index contributed by atoms with van der Waals surface area (Å²) >= 11 is 0. The third-order valence-corrected chi connectivity index (χ3v) is 1.23. The van der Waals surface area contributed by atoms with Gasteiger partial charge < -0.3 is 20.5 Å². The Balaban J connectivity index is 2.18. The highest BCUT2D eigenvalue weighted by Crippen LogP contribution is 1.97. The predicted octanol–water partition coefficient (Wildman–Crippen LogP) is -0.638. The number of nitrogens with one attached hydrogen (secondary N) is 2. The minimum atomic E-state index is -1.12. The van der Waals surface area contributed by atoms with E-state index in [4.69, 9.17) is 5.11 Å². The van der Waals surface area contributed by atoms with Crippen molar-refractivity contribution in [2.75, 3.05) is 13.1 Å². The second kappa shape index (κ2) is 3.09. The van der Waals surface area contributed by atoms with Gasteiger partial charge in [0.25, 0.3) is 0 Å². The topological polar surface area (TPSA) is 87.7 Å². The van der Waals surface area contributed by atoms with Crippen molar-refractivity contribution in [2.24, 2.45) is 0 Å². The van der Waals surface area contributed by atoms with E-state index in [2.05, 4.69) is 15.4 Å². The molecule has 0 aromatic rings. The average Bonchev–Trinajstić information content (AvgIpc) is 2.31. The summed E-state index contributed by atoms with van der Waals surface area (Å²) < 4.78 is 4.64. The molecule has 62 valence electrons. The molecule has 0 radical (unpaired) electrons. The summed E-state index contributed by atoms with van der Waals surface area (Å²) in [5.41, 5.74) is 0. The second-order valence-corrected chi connectivity index (χ2v) is 2.09. The molecule has 1 atom stereocenters. The zero-order valence-electron chi connectivity index (χ0n) is 5.66. The van der Waals surface area contributed by atoms with Crippen LogP contribution in [0, 0.1) is 0 Å². The van der Waals surface area contributed by atoms with Gasteiger partial charge >= 0.3 is 12.2 Å². The Bertz CT molecular complexity index is 181. The van der Waals surface area contributed by atoms with Crippen LogP contribution in [0.25, 0.3) is 0 Å². The van der Waals surface area contributed by atoms with Gasteiger partial charge in [-0.1, -0.05) is 0 Å². The summed E-state index contributed by atoms with van der Waals surface area (Å²) in [4.78, 5) is 20.4. The predicted molar refractivity (Wildman–Crippen MR) is 34.3 cm³/mol. The van der Waals surface area contributed by atoms with Gasteiger partial charge in [-0.05, 0) is 0 Å². The van der Waals surface area contributed by atoms with E-state index in [1.165, 1.54) is 0 Å². The Labute approximate surface area is 62.5 Å². The van der Waals surface area contributed by atoms with E-state index in [0.29, 0.717) is 6.54 Å². The van der Waals surface area contributed by atoms with Gasteiger partial charge in [-0.15, -0.1) is 0 Å². The lowest BCUT2D eigenvalue weighted by Gasteiger charge is -2.05. The molecule has 1 heterocycles. The highest BCUT2D eigenvalue weighted by atomic mass is 16.6. The lowest BCUT2D eigenvalue weighted by atomic mass is 10.4. The van der Waals surface area contributed by atoms with Gasteiger partial charge in [-0.2, -0.15) is 0 Å². The van der Waals surface area contributed by atoms with E-state index < -0.39 is 12.2 Å². The Morgan fingerprint density at radius 2 is 2.64 bits per heavy atom. The quantitative estimate of drug-likeness (QED) is 0.501. The first kappa shape index (κ1) is 7.64. The summed E-state index contributed by atoms with van der Waals surface area (Å²) in [5, 5.41) is 12.7. The fraction of sp³-hybridized carbons (Fsp3) is 0.600. The maximum Gasteiger partial charge on any atom is 0.407 e. The van der Waals surface area contributed by atoms with E-state index in [1.54, 1.807) is 0 Å². The van der Waals surface area contributed by atoms with Crippen molar-refractivity contribution in [1.29, 1.82) is 0 Å². The van der Waals surface area contributed by atoms with Crippen molar-refractivity contribution < 1.29 is 19.4 Å². The lowest BCUT2D eigenvalue weighted by Crippen LogP contribution is -2.32. The fourth-order valence-corrected chi connectivity index (χ4v) is 0.747. The molecule has 1 aliphatic rings. The number of hydrogen-bond acceptors (Lipinski definition) is 3. The smallest absolute Gasteiger partial charge is 0.407 e. The summed E-state index contributed by atoms with van der Waals surface area (Å²) in [7, 11) is 0. The molecule has 1 saturated heterocycles. The Kier molecular flexibility index (Phi) is 2.15. The van der Waals surface area contributed by atoms with Crippen LogP contribution in [0.2, 0.25) is 0 Å². The van der Waals surface area contributed by atoms with Crippen molar-refractivity contribution >= 4 is 12.2 Å². The Morgan fingerprint density at radius 1 is 1.91 bits per heavy atom. The molecule has 0 aromatic carbocycles. The molecule has 0 saturated carbocycles. The minimum Gasteiger partial charge on any atom is -0.465 e. The number of carbonyl (C=O) groups excluding carboxylic acids is 1. The van der Waals surface area contributed by atoms with Gasteiger partial charge in [-0.3, -0.25) is 0 Å². The molecule has 0 aliphatic carbocycles. The van der Waals surface area contributed by atoms with Crippen LogP contribution >= 0.6 is 0 Å². The van der Waals surface area contributed by atoms with Crippen LogP contribution in [0.15, 0.2) is 0 Å². The zero-order chi connectivity index (χ0) is 8.27. The number of cyclic esters (lactones) is 1. The zero-order valence-corrected chi connectivity index (χ0v) is 5.66. The highest BCUT2D eigenvalue weighted by Gasteiger charge is 2.22. The average molecular weight is 160 g/mol. The number of carboxylic acid groups (broad SMARTS) is 1. The molecule has 0 spiro atoms. The Hall–Kier alpha value is -1.46. The summed E-state index contributed by atoms with van der Waals surface area (Å²) in [6.45, 7) is 0.493. The third kappa shape index (κ3) is 2.32. The molecule has 1 aliphatic heterocycles. The largest absolute Gasteiger partial charge is 0.465 e. The van der Waals surface area contributed by atoms with E-state index in [-0.39, 0.29) is 12.6 Å². The molecule has 0 aromatic heterocycles. The van der Waals surface area contributed by atoms with E-state index in [9.17, 15) is 9.59 Å². The SMILES string of the molecule is O=C(O)NCC1CNC(=O)O1. The van der Waals surface area contributed by atoms with E-state index in [1.807, 2.05) is 0 Å². The van der Waals surface area contributed by atoms with Gasteiger partial charge in [0.15, 0.2) is 0 Å². The van der Waals surface area contributed by atoms with Gasteiger partial charge in [0.2, 0.25) is 0 Å². The monoisotopic (exact) mass is 160 g/mol. The first-order chi connectivity index (χ1) is 5.18. The van der Waals surface area contributed by atoms with Gasteiger partial charge in [0.1, 0.15) is 6.10 Å². The van der Waals surface area contributed by atoms with Crippen molar-refractivity contribution in [3.8, 4) is 0 Å². The molecule has 6 nitrogen and oxygen atoms in total. The molecular weight excluding hydrogens is 152 g/mol. The maximum absolute atomic E-state index is 10.4. The number of hydrogen-bond donors (Lipinski definition) is 3.